The fourth-order valence-corrected chi connectivity index (χ4v) is 6.84. The van der Waals surface area contributed by atoms with Crippen molar-refractivity contribution in [2.24, 2.45) is 5.92 Å². The molecule has 0 radical (unpaired) electrons. The van der Waals surface area contributed by atoms with Gasteiger partial charge in [-0.15, -0.1) is 0 Å². The molecule has 0 spiro atoms. The number of halogens is 1. The number of hydrogen-bond acceptors (Lipinski definition) is 8. The Kier molecular flexibility index (Phi) is 7.40. The maximum absolute atomic E-state index is 15.4. The van der Waals surface area contributed by atoms with E-state index in [0.29, 0.717) is 31.6 Å². The highest BCUT2D eigenvalue weighted by atomic mass is 32.2. The monoisotopic (exact) mass is 516 g/mol. The van der Waals surface area contributed by atoms with Crippen LogP contribution in [0.3, 0.4) is 0 Å². The zero-order chi connectivity index (χ0) is 25.3. The molecule has 3 unspecified atom stereocenters. The highest BCUT2D eigenvalue weighted by Gasteiger charge is 2.57. The van der Waals surface area contributed by atoms with Crippen LogP contribution in [0.4, 0.5) is 10.1 Å². The van der Waals surface area contributed by atoms with Crippen molar-refractivity contribution in [2.75, 3.05) is 49.7 Å². The number of fused-ring (bicyclic) bond motifs is 1. The normalized spacial score (nSPS) is 32.9. The number of rotatable bonds is 5. The van der Waals surface area contributed by atoms with Crippen molar-refractivity contribution in [3.05, 3.63) is 29.3 Å². The maximum Gasteiger partial charge on any atom is 0.254 e. The summed E-state index contributed by atoms with van der Waals surface area (Å²) >= 11 is 1.86. The number of benzene rings is 1. The molecule has 0 saturated carbocycles. The number of carbonyl (C=O) groups excluding carboxylic acids is 2. The van der Waals surface area contributed by atoms with Gasteiger partial charge in [0.1, 0.15) is 12.3 Å². The molecular weight excluding hydrogens is 483 g/mol. The van der Waals surface area contributed by atoms with Crippen LogP contribution in [0.25, 0.3) is 0 Å². The quantitative estimate of drug-likeness (QED) is 0.542. The van der Waals surface area contributed by atoms with E-state index in [1.54, 1.807) is 0 Å². The predicted octanol–water partition coefficient (Wildman–Crippen LogP) is 1.66. The highest BCUT2D eigenvalue weighted by Crippen LogP contribution is 2.41. The summed E-state index contributed by atoms with van der Waals surface area (Å²) in [6.45, 7) is 4.24. The number of piperidine rings is 1. The van der Waals surface area contributed by atoms with Crippen LogP contribution in [0, 0.1) is 24.2 Å². The number of hydrogen-bond donors (Lipinski definition) is 3. The molecule has 4 aliphatic rings. The number of hydrazine groups is 1. The van der Waals surface area contributed by atoms with E-state index in [2.05, 4.69) is 22.1 Å². The van der Waals surface area contributed by atoms with Crippen molar-refractivity contribution in [2.45, 2.75) is 50.1 Å². The number of nitrogens with one attached hydrogen (secondary N) is 3. The average molecular weight is 517 g/mol. The Morgan fingerprint density at radius 3 is 2.92 bits per heavy atom. The number of nitrogens with zero attached hydrogens (tertiary/aromatic N) is 3. The topological polar surface area (TPSA) is 110 Å². The molecule has 5 rings (SSSR count). The molecule has 4 fully saturated rings. The van der Waals surface area contributed by atoms with Crippen LogP contribution in [0.15, 0.2) is 18.2 Å². The van der Waals surface area contributed by atoms with Crippen LogP contribution in [0.1, 0.15) is 35.2 Å². The molecule has 4 aliphatic heterocycles. The zero-order valence-corrected chi connectivity index (χ0v) is 21.3. The molecule has 0 aliphatic carbocycles. The van der Waals surface area contributed by atoms with Crippen molar-refractivity contribution >= 4 is 29.3 Å². The summed E-state index contributed by atoms with van der Waals surface area (Å²) in [4.78, 5) is 27.9. The van der Waals surface area contributed by atoms with Crippen molar-refractivity contribution in [1.29, 1.82) is 5.26 Å². The third-order valence-electron chi connectivity index (χ3n) is 7.89. The molecule has 0 aromatic heterocycles. The summed E-state index contributed by atoms with van der Waals surface area (Å²) in [5, 5.41) is 17.8. The molecule has 4 saturated heterocycles. The van der Waals surface area contributed by atoms with Gasteiger partial charge in [-0.05, 0) is 43.5 Å². The van der Waals surface area contributed by atoms with Gasteiger partial charge in [-0.25, -0.2) is 14.8 Å². The number of thioether (sulfide) groups is 1. The predicted molar refractivity (Wildman–Crippen MR) is 135 cm³/mol. The summed E-state index contributed by atoms with van der Waals surface area (Å²) in [6.07, 6.45) is -0.794. The molecule has 2 amide bonds. The molecule has 36 heavy (non-hydrogen) atoms. The van der Waals surface area contributed by atoms with E-state index in [1.165, 1.54) is 0 Å². The van der Waals surface area contributed by atoms with Gasteiger partial charge in [0.25, 0.3) is 5.91 Å². The van der Waals surface area contributed by atoms with Gasteiger partial charge in [-0.2, -0.15) is 17.0 Å². The van der Waals surface area contributed by atoms with Crippen LogP contribution in [0.2, 0.25) is 0 Å². The van der Waals surface area contributed by atoms with Crippen LogP contribution in [-0.4, -0.2) is 90.0 Å². The molecule has 194 valence electrons. The lowest BCUT2D eigenvalue weighted by molar-refractivity contribution is -0.133. The summed E-state index contributed by atoms with van der Waals surface area (Å²) in [7, 11) is 0. The van der Waals surface area contributed by atoms with E-state index in [9.17, 15) is 14.9 Å². The number of amides is 2. The second-order valence-corrected chi connectivity index (χ2v) is 11.2. The number of carbonyl (C=O) groups is 2. The molecule has 5 atom stereocenters. The highest BCUT2D eigenvalue weighted by molar-refractivity contribution is 7.99. The van der Waals surface area contributed by atoms with E-state index in [1.807, 2.05) is 46.8 Å². The number of nitriles is 1. The van der Waals surface area contributed by atoms with Crippen molar-refractivity contribution in [1.82, 2.24) is 20.7 Å². The van der Waals surface area contributed by atoms with E-state index in [-0.39, 0.29) is 30.9 Å². The Hall–Kier alpha value is -2.39. The third kappa shape index (κ3) is 4.56. The second kappa shape index (κ2) is 10.5. The average Bonchev–Trinajstić information content (AvgIpc) is 3.26. The van der Waals surface area contributed by atoms with Gasteiger partial charge in [-0.1, -0.05) is 0 Å². The molecule has 11 heteroatoms. The fourth-order valence-electron chi connectivity index (χ4n) is 5.94. The van der Waals surface area contributed by atoms with Crippen LogP contribution < -0.4 is 16.1 Å². The standard InChI is InChI=1S/C25H33FN6O3S/c1-16-14-17(2-3-18(16)24(34)31-9-12-36-13-10-31)29-22-21-19(4-8-28-23(21)33)32(30-22)25(5-7-27)6-11-35-15-20(25)26/h2-3,14,19-22,29-30H,4-6,8-13,15H2,1H3,(H,28,33)/t19?,20-,21?,22?,25+/m1/s1. The SMILES string of the molecule is Cc1cc(NC2NN([C@@]3(CC#N)CCOC[C@H]3F)C3CCNC(=O)C23)ccc1C(=O)N1CCSCC1. The number of ether oxygens (including phenoxy) is 1. The third-order valence-corrected chi connectivity index (χ3v) is 8.84. The van der Waals surface area contributed by atoms with E-state index in [4.69, 9.17) is 4.74 Å². The van der Waals surface area contributed by atoms with Gasteiger partial charge in [0.15, 0.2) is 0 Å². The van der Waals surface area contributed by atoms with Gasteiger partial charge in [-0.3, -0.25) is 9.59 Å². The zero-order valence-electron chi connectivity index (χ0n) is 20.5. The maximum atomic E-state index is 15.4. The minimum atomic E-state index is -1.34. The van der Waals surface area contributed by atoms with Crippen LogP contribution >= 0.6 is 11.8 Å². The molecular formula is C25H33FN6O3S. The first-order valence-electron chi connectivity index (χ1n) is 12.6. The largest absolute Gasteiger partial charge is 0.378 e. The number of aryl methyl sites for hydroxylation is 1. The Morgan fingerprint density at radius 1 is 1.39 bits per heavy atom. The molecule has 1 aromatic carbocycles. The molecule has 4 heterocycles. The van der Waals surface area contributed by atoms with Crippen molar-refractivity contribution in [3.63, 3.8) is 0 Å². The Balaban J connectivity index is 1.38. The second-order valence-electron chi connectivity index (χ2n) is 9.96. The Bertz CT molecular complexity index is 1050. The Labute approximate surface area is 215 Å². The minimum Gasteiger partial charge on any atom is -0.378 e. The molecule has 3 N–H and O–H groups in total. The molecule has 9 nitrogen and oxygen atoms in total. The first-order chi connectivity index (χ1) is 17.4. The molecule has 1 aromatic rings. The van der Waals surface area contributed by atoms with Gasteiger partial charge in [0.2, 0.25) is 5.91 Å². The summed E-state index contributed by atoms with van der Waals surface area (Å²) < 4.78 is 20.7. The van der Waals surface area contributed by atoms with Gasteiger partial charge >= 0.3 is 0 Å². The van der Waals surface area contributed by atoms with Gasteiger partial charge in [0, 0.05) is 55.0 Å². The lowest BCUT2D eigenvalue weighted by Crippen LogP contribution is -2.65. The smallest absolute Gasteiger partial charge is 0.254 e. The van der Waals surface area contributed by atoms with E-state index in [0.717, 1.165) is 35.8 Å². The first kappa shape index (κ1) is 25.3. The van der Waals surface area contributed by atoms with Crippen LogP contribution in [-0.2, 0) is 9.53 Å². The lowest BCUT2D eigenvalue weighted by atomic mass is 9.81. The van der Waals surface area contributed by atoms with Crippen LogP contribution in [0.5, 0.6) is 0 Å². The first-order valence-corrected chi connectivity index (χ1v) is 13.8. The number of alkyl halides is 1. The van der Waals surface area contributed by atoms with Gasteiger partial charge in [0.05, 0.1) is 30.6 Å². The van der Waals surface area contributed by atoms with Gasteiger partial charge < -0.3 is 20.3 Å². The fraction of sp³-hybridized carbons (Fsp3) is 0.640. The molecule has 0 bridgehead atoms. The Morgan fingerprint density at radius 2 is 2.19 bits per heavy atom. The van der Waals surface area contributed by atoms with Crippen molar-refractivity contribution < 1.29 is 18.7 Å². The number of anilines is 1. The van der Waals surface area contributed by atoms with E-state index >= 15 is 4.39 Å². The summed E-state index contributed by atoms with van der Waals surface area (Å²) in [6, 6.07) is 7.53. The lowest BCUT2D eigenvalue weighted by Gasteiger charge is -2.48. The minimum absolute atomic E-state index is 0.00695. The summed E-state index contributed by atoms with van der Waals surface area (Å²) in [5.74, 6) is 1.40. The summed E-state index contributed by atoms with van der Waals surface area (Å²) in [5.41, 5.74) is 4.64. The van der Waals surface area contributed by atoms with E-state index < -0.39 is 23.8 Å². The van der Waals surface area contributed by atoms with Crippen molar-refractivity contribution in [3.8, 4) is 6.07 Å².